The number of rotatable bonds is 0. The molecule has 16 heavy (non-hydrogen) atoms. The van der Waals surface area contributed by atoms with Crippen LogP contribution in [0.2, 0.25) is 0 Å². The summed E-state index contributed by atoms with van der Waals surface area (Å²) in [5.41, 5.74) is 0.762. The molecule has 2 N–H and O–H groups in total. The molecule has 2 heterocycles. The van der Waals surface area contributed by atoms with Crippen LogP contribution in [0.25, 0.3) is 11.0 Å². The summed E-state index contributed by atoms with van der Waals surface area (Å²) in [7, 11) is 0. The molecule has 84 valence electrons. The van der Waals surface area contributed by atoms with E-state index in [2.05, 4.69) is 4.98 Å². The predicted octanol–water partition coefficient (Wildman–Crippen LogP) is 1.35. The van der Waals surface area contributed by atoms with Crippen molar-refractivity contribution in [3.63, 3.8) is 0 Å². The lowest BCUT2D eigenvalue weighted by molar-refractivity contribution is -0.886. The molecule has 0 unspecified atom stereocenters. The van der Waals surface area contributed by atoms with E-state index in [1.165, 1.54) is 6.20 Å². The van der Waals surface area contributed by atoms with Gasteiger partial charge in [-0.1, -0.05) is 25.5 Å². The maximum Gasteiger partial charge on any atom is 0.335 e. The molecule has 2 rings (SSSR count). The molecular formula is C12H15N2O2+. The minimum atomic E-state index is -0.210. The minimum Gasteiger partial charge on any atom is -0.350 e. The highest BCUT2D eigenvalue weighted by Gasteiger charge is 2.21. The first kappa shape index (κ1) is 10.7. The lowest BCUT2D eigenvalue weighted by Gasteiger charge is -2.16. The van der Waals surface area contributed by atoms with Crippen LogP contribution < -0.4 is 10.3 Å². The van der Waals surface area contributed by atoms with Crippen LogP contribution in [-0.2, 0) is 5.41 Å². The van der Waals surface area contributed by atoms with Gasteiger partial charge in [-0.2, -0.15) is 0 Å². The van der Waals surface area contributed by atoms with E-state index in [-0.39, 0.29) is 11.0 Å². The van der Waals surface area contributed by atoms with Crippen molar-refractivity contribution >= 4 is 11.0 Å². The first-order valence-corrected chi connectivity index (χ1v) is 5.17. The molecule has 0 bridgehead atoms. The number of hydrogen-bond donors (Lipinski definition) is 2. The Morgan fingerprint density at radius 2 is 2.06 bits per heavy atom. The zero-order chi connectivity index (χ0) is 11.9. The van der Waals surface area contributed by atoms with Crippen LogP contribution in [-0.4, -0.2) is 10.2 Å². The Morgan fingerprint density at radius 1 is 1.38 bits per heavy atom. The molecule has 4 heteroatoms. The predicted molar refractivity (Wildman–Crippen MR) is 60.6 cm³/mol. The summed E-state index contributed by atoms with van der Waals surface area (Å²) >= 11 is 0. The van der Waals surface area contributed by atoms with Crippen molar-refractivity contribution in [1.29, 1.82) is 0 Å². The fourth-order valence-electron chi connectivity index (χ4n) is 1.71. The highest BCUT2D eigenvalue weighted by molar-refractivity contribution is 5.72. The number of pyridine rings is 2. The molecule has 0 fully saturated rings. The molecule has 4 nitrogen and oxygen atoms in total. The maximum absolute atomic E-state index is 11.9. The van der Waals surface area contributed by atoms with E-state index >= 15 is 0 Å². The van der Waals surface area contributed by atoms with Gasteiger partial charge in [-0.05, 0) is 23.6 Å². The molecule has 0 spiro atoms. The highest BCUT2D eigenvalue weighted by Crippen LogP contribution is 2.20. The number of aromatic nitrogens is 2. The molecule has 0 aliphatic carbocycles. The first-order valence-electron chi connectivity index (χ1n) is 5.17. The maximum atomic E-state index is 11.9. The monoisotopic (exact) mass is 219 g/mol. The summed E-state index contributed by atoms with van der Waals surface area (Å²) in [4.78, 5) is 14.5. The van der Waals surface area contributed by atoms with Crippen molar-refractivity contribution in [2.45, 2.75) is 26.2 Å². The van der Waals surface area contributed by atoms with Crippen molar-refractivity contribution in [1.82, 2.24) is 4.98 Å². The third-order valence-corrected chi connectivity index (χ3v) is 2.59. The van der Waals surface area contributed by atoms with Gasteiger partial charge in [-0.25, -0.2) is 9.78 Å². The largest absolute Gasteiger partial charge is 0.350 e. The summed E-state index contributed by atoms with van der Waals surface area (Å²) in [6.45, 7) is 5.96. The topological polar surface area (TPSA) is 57.0 Å². The van der Waals surface area contributed by atoms with E-state index < -0.39 is 0 Å². The molecule has 0 amide bonds. The molecule has 0 aliphatic heterocycles. The second-order valence-electron chi connectivity index (χ2n) is 4.92. The van der Waals surface area contributed by atoms with E-state index in [0.29, 0.717) is 11.2 Å². The lowest BCUT2D eigenvalue weighted by Crippen LogP contribution is -2.34. The molecule has 0 aliphatic rings. The molecule has 0 saturated heterocycles. The van der Waals surface area contributed by atoms with Crippen LogP contribution >= 0.6 is 0 Å². The lowest BCUT2D eigenvalue weighted by atomic mass is 9.87. The average Bonchev–Trinajstić information content (AvgIpc) is 2.17. The molecule has 2 aromatic rings. The number of H-pyrrole nitrogens is 1. The van der Waals surface area contributed by atoms with E-state index in [0.717, 1.165) is 10.1 Å². The molecule has 0 atom stereocenters. The van der Waals surface area contributed by atoms with Crippen molar-refractivity contribution in [3.05, 3.63) is 40.3 Å². The van der Waals surface area contributed by atoms with E-state index in [9.17, 15) is 10.0 Å². The summed E-state index contributed by atoms with van der Waals surface area (Å²) in [5, 5.41) is 10.4. The number of nitrogens with one attached hydrogen (secondary N) is 1. The Bertz CT molecular complexity index is 594. The summed E-state index contributed by atoms with van der Waals surface area (Å²) in [6.07, 6.45) is 1.48. The Kier molecular flexibility index (Phi) is 2.22. The number of aromatic amines is 1. The van der Waals surface area contributed by atoms with Gasteiger partial charge in [0, 0.05) is 5.56 Å². The van der Waals surface area contributed by atoms with Crippen LogP contribution in [0.3, 0.4) is 0 Å². The van der Waals surface area contributed by atoms with Gasteiger partial charge >= 0.3 is 11.2 Å². The molecule has 0 radical (unpaired) electrons. The molecule has 0 saturated carbocycles. The Labute approximate surface area is 93.1 Å². The third kappa shape index (κ3) is 1.66. The quantitative estimate of drug-likeness (QED) is 0.519. The van der Waals surface area contributed by atoms with Crippen molar-refractivity contribution < 1.29 is 9.94 Å². The van der Waals surface area contributed by atoms with Crippen molar-refractivity contribution in [2.24, 2.45) is 0 Å². The summed E-state index contributed by atoms with van der Waals surface area (Å²) in [5.74, 6) is 0. The SMILES string of the molecule is CC(C)(C)c1cc2ccc[n+](O)c2[nH]c1=O. The Morgan fingerprint density at radius 3 is 2.69 bits per heavy atom. The van der Waals surface area contributed by atoms with Crippen LogP contribution in [0.1, 0.15) is 26.3 Å². The van der Waals surface area contributed by atoms with Crippen LogP contribution in [0.4, 0.5) is 0 Å². The van der Waals surface area contributed by atoms with Crippen molar-refractivity contribution in [2.75, 3.05) is 0 Å². The molecule has 0 aromatic carbocycles. The van der Waals surface area contributed by atoms with E-state index in [4.69, 9.17) is 0 Å². The summed E-state index contributed by atoms with van der Waals surface area (Å²) < 4.78 is 0.920. The second kappa shape index (κ2) is 3.33. The van der Waals surface area contributed by atoms with Crippen LogP contribution in [0.15, 0.2) is 29.2 Å². The Hall–Kier alpha value is -1.84. The van der Waals surface area contributed by atoms with Crippen molar-refractivity contribution in [3.8, 4) is 0 Å². The average molecular weight is 219 g/mol. The fourth-order valence-corrected chi connectivity index (χ4v) is 1.71. The highest BCUT2D eigenvalue weighted by atomic mass is 16.5. The minimum absolute atomic E-state index is 0.158. The van der Waals surface area contributed by atoms with Gasteiger partial charge in [0.15, 0.2) is 0 Å². The standard InChI is InChI=1S/C12H14N2O2/c1-12(2,3)9-7-8-5-4-6-14(16)10(8)13-11(9)15/h4-7,16H,1-3H3/p+1. The summed E-state index contributed by atoms with van der Waals surface area (Å²) in [6, 6.07) is 5.40. The zero-order valence-corrected chi connectivity index (χ0v) is 9.61. The second-order valence-corrected chi connectivity index (χ2v) is 4.92. The molecule has 2 aromatic heterocycles. The van der Waals surface area contributed by atoms with E-state index in [1.54, 1.807) is 6.07 Å². The van der Waals surface area contributed by atoms with Crippen LogP contribution in [0, 0.1) is 0 Å². The van der Waals surface area contributed by atoms with Gasteiger partial charge in [0.25, 0.3) is 0 Å². The van der Waals surface area contributed by atoms with E-state index in [1.807, 2.05) is 32.9 Å². The Balaban J connectivity index is 2.83. The number of hydrogen-bond acceptors (Lipinski definition) is 2. The van der Waals surface area contributed by atoms with Crippen LogP contribution in [0.5, 0.6) is 0 Å². The fraction of sp³-hybridized carbons (Fsp3) is 0.333. The normalized spacial score (nSPS) is 11.9. The van der Waals surface area contributed by atoms with Gasteiger partial charge < -0.3 is 5.21 Å². The third-order valence-electron chi connectivity index (χ3n) is 2.59. The zero-order valence-electron chi connectivity index (χ0n) is 9.61. The van der Waals surface area contributed by atoms with Gasteiger partial charge in [0.2, 0.25) is 0 Å². The number of nitrogens with zero attached hydrogens (tertiary/aromatic N) is 1. The number of fused-ring (bicyclic) bond motifs is 1. The van der Waals surface area contributed by atoms with Gasteiger partial charge in [0.05, 0.1) is 5.39 Å². The van der Waals surface area contributed by atoms with Gasteiger partial charge in [-0.3, -0.25) is 0 Å². The van der Waals surface area contributed by atoms with Gasteiger partial charge in [0.1, 0.15) is 6.20 Å². The smallest absolute Gasteiger partial charge is 0.335 e. The van der Waals surface area contributed by atoms with Gasteiger partial charge in [-0.15, -0.1) is 0 Å². The molecular weight excluding hydrogens is 204 g/mol. The first-order chi connectivity index (χ1) is 7.39.